The van der Waals surface area contributed by atoms with Crippen molar-refractivity contribution in [3.8, 4) is 23.0 Å². The van der Waals surface area contributed by atoms with Gasteiger partial charge in [-0.25, -0.2) is 0 Å². The van der Waals surface area contributed by atoms with Crippen LogP contribution in [-0.2, 0) is 6.18 Å². The second-order valence-electron chi connectivity index (χ2n) is 4.95. The first kappa shape index (κ1) is 14.9. The molecular weight excluding hydrogens is 301 g/mol. The minimum atomic E-state index is -4.59. The molecule has 0 atom stereocenters. The van der Waals surface area contributed by atoms with Crippen molar-refractivity contribution < 1.29 is 13.2 Å². The van der Waals surface area contributed by atoms with E-state index >= 15 is 0 Å². The van der Waals surface area contributed by atoms with Gasteiger partial charge >= 0.3 is 6.18 Å². The first-order valence-corrected chi connectivity index (χ1v) is 6.86. The van der Waals surface area contributed by atoms with Gasteiger partial charge in [-0.15, -0.1) is 0 Å². The van der Waals surface area contributed by atoms with E-state index in [0.29, 0.717) is 11.3 Å². The van der Waals surface area contributed by atoms with Gasteiger partial charge in [0.05, 0.1) is 16.8 Å². The van der Waals surface area contributed by atoms with Crippen LogP contribution in [0.3, 0.4) is 0 Å². The van der Waals surface area contributed by atoms with Crippen LogP contribution < -0.4 is 0 Å². The first-order valence-electron chi connectivity index (χ1n) is 6.86. The average Bonchev–Trinajstić information content (AvgIpc) is 2.96. The van der Waals surface area contributed by atoms with E-state index in [1.54, 1.807) is 66.7 Å². The number of rotatable bonds is 2. The molecule has 0 saturated carbocycles. The lowest BCUT2D eigenvalue weighted by atomic mass is 10.1. The third kappa shape index (κ3) is 2.71. The van der Waals surface area contributed by atoms with E-state index < -0.39 is 11.7 Å². The normalized spacial score (nSPS) is 11.2. The number of hydrogen-bond acceptors (Lipinski definition) is 1. The molecule has 1 aromatic heterocycles. The van der Waals surface area contributed by atoms with Crippen molar-refractivity contribution in [2.75, 3.05) is 0 Å². The summed E-state index contributed by atoms with van der Waals surface area (Å²) in [6.07, 6.45) is -3.61. The summed E-state index contributed by atoms with van der Waals surface area (Å²) in [5.41, 5.74) is 0.0728. The lowest BCUT2D eigenvalue weighted by Gasteiger charge is -2.09. The Morgan fingerprint density at radius 1 is 0.870 bits per heavy atom. The number of nitriles is 1. The van der Waals surface area contributed by atoms with Gasteiger partial charge in [-0.2, -0.15) is 18.4 Å². The Balaban J connectivity index is 2.36. The highest BCUT2D eigenvalue weighted by Crippen LogP contribution is 2.39. The summed E-state index contributed by atoms with van der Waals surface area (Å²) in [5, 5.41) is 9.32. The molecule has 0 aliphatic rings. The fraction of sp³-hybridized carbons (Fsp3) is 0.0556. The summed E-state index contributed by atoms with van der Waals surface area (Å²) in [7, 11) is 0. The van der Waals surface area contributed by atoms with Crippen molar-refractivity contribution in [2.24, 2.45) is 0 Å². The Bertz CT molecular complexity index is 857. The number of alkyl halides is 3. The fourth-order valence-electron chi connectivity index (χ4n) is 2.51. The fourth-order valence-corrected chi connectivity index (χ4v) is 2.51. The molecule has 3 rings (SSSR count). The Morgan fingerprint density at radius 2 is 1.43 bits per heavy atom. The van der Waals surface area contributed by atoms with Crippen molar-refractivity contribution in [3.05, 3.63) is 78.0 Å². The molecular formula is C18H11F3N2. The molecule has 0 aliphatic heterocycles. The smallest absolute Gasteiger partial charge is 0.315 e. The van der Waals surface area contributed by atoms with Crippen molar-refractivity contribution >= 4 is 0 Å². The second kappa shape index (κ2) is 5.65. The largest absolute Gasteiger partial charge is 0.419 e. The number of halogens is 3. The van der Waals surface area contributed by atoms with Crippen LogP contribution in [0.4, 0.5) is 13.2 Å². The monoisotopic (exact) mass is 312 g/mol. The third-order valence-electron chi connectivity index (χ3n) is 3.50. The summed E-state index contributed by atoms with van der Waals surface area (Å²) in [6.45, 7) is 0. The van der Waals surface area contributed by atoms with Gasteiger partial charge in [0, 0.05) is 11.9 Å². The van der Waals surface area contributed by atoms with Gasteiger partial charge in [0.2, 0.25) is 0 Å². The van der Waals surface area contributed by atoms with Crippen LogP contribution in [0.2, 0.25) is 0 Å². The van der Waals surface area contributed by atoms with E-state index in [9.17, 15) is 18.4 Å². The van der Waals surface area contributed by atoms with Gasteiger partial charge in [0.15, 0.2) is 0 Å². The lowest BCUT2D eigenvalue weighted by molar-refractivity contribution is -0.137. The molecule has 0 aliphatic carbocycles. The van der Waals surface area contributed by atoms with Gasteiger partial charge < -0.3 is 4.57 Å². The molecule has 2 nitrogen and oxygen atoms in total. The zero-order chi connectivity index (χ0) is 16.4. The number of nitrogens with zero attached hydrogens (tertiary/aromatic N) is 2. The van der Waals surface area contributed by atoms with Crippen LogP contribution in [-0.4, -0.2) is 4.57 Å². The summed E-state index contributed by atoms with van der Waals surface area (Å²) < 4.78 is 41.3. The zero-order valence-electron chi connectivity index (χ0n) is 11.9. The van der Waals surface area contributed by atoms with Gasteiger partial charge in [-0.1, -0.05) is 48.5 Å². The van der Waals surface area contributed by atoms with E-state index in [-0.39, 0.29) is 11.3 Å². The minimum Gasteiger partial charge on any atom is -0.315 e. The highest BCUT2D eigenvalue weighted by atomic mass is 19.4. The molecule has 114 valence electrons. The Hall–Kier alpha value is -3.00. The van der Waals surface area contributed by atoms with Crippen LogP contribution in [0.25, 0.3) is 16.9 Å². The van der Waals surface area contributed by atoms with E-state index in [1.165, 1.54) is 4.57 Å². The maximum Gasteiger partial charge on any atom is 0.419 e. The molecule has 0 spiro atoms. The number of para-hydroxylation sites is 1. The number of aromatic nitrogens is 1. The van der Waals surface area contributed by atoms with Crippen LogP contribution in [0.1, 0.15) is 11.1 Å². The predicted octanol–water partition coefficient (Wildman–Crippen LogP) is 5.03. The van der Waals surface area contributed by atoms with Crippen molar-refractivity contribution in [1.29, 1.82) is 5.26 Å². The molecule has 2 aromatic carbocycles. The van der Waals surface area contributed by atoms with Crippen molar-refractivity contribution in [3.63, 3.8) is 0 Å². The van der Waals surface area contributed by atoms with Crippen molar-refractivity contribution in [2.45, 2.75) is 6.18 Å². The molecule has 1 heterocycles. The van der Waals surface area contributed by atoms with E-state index in [0.717, 1.165) is 6.20 Å². The molecule has 3 aromatic rings. The van der Waals surface area contributed by atoms with Crippen LogP contribution in [0, 0.1) is 11.3 Å². The highest BCUT2D eigenvalue weighted by Gasteiger charge is 2.37. The summed E-state index contributed by atoms with van der Waals surface area (Å²) in [5.74, 6) is 0. The second-order valence-corrected chi connectivity index (χ2v) is 4.95. The van der Waals surface area contributed by atoms with Crippen LogP contribution in [0.15, 0.2) is 66.9 Å². The molecule has 23 heavy (non-hydrogen) atoms. The van der Waals surface area contributed by atoms with E-state index in [1.807, 2.05) is 0 Å². The molecule has 0 fully saturated rings. The van der Waals surface area contributed by atoms with Gasteiger partial charge in [0.25, 0.3) is 0 Å². The SMILES string of the molecule is N#Cc1c(C(F)(F)F)cn(-c2ccccc2)c1-c1ccccc1. The average molecular weight is 312 g/mol. The summed E-state index contributed by atoms with van der Waals surface area (Å²) >= 11 is 0. The molecule has 0 radical (unpaired) electrons. The summed E-state index contributed by atoms with van der Waals surface area (Å²) in [4.78, 5) is 0. The van der Waals surface area contributed by atoms with Crippen LogP contribution >= 0.6 is 0 Å². The molecule has 0 bridgehead atoms. The van der Waals surface area contributed by atoms with E-state index in [4.69, 9.17) is 0 Å². The summed E-state index contributed by atoms with van der Waals surface area (Å²) in [6, 6.07) is 19.0. The van der Waals surface area contributed by atoms with Crippen molar-refractivity contribution in [1.82, 2.24) is 4.57 Å². The minimum absolute atomic E-state index is 0.242. The number of hydrogen-bond donors (Lipinski definition) is 0. The Kier molecular flexibility index (Phi) is 3.67. The van der Waals surface area contributed by atoms with Crippen LogP contribution in [0.5, 0.6) is 0 Å². The maximum absolute atomic E-state index is 13.3. The molecule has 0 unspecified atom stereocenters. The quantitative estimate of drug-likeness (QED) is 0.652. The Morgan fingerprint density at radius 3 is 1.96 bits per heavy atom. The first-order chi connectivity index (χ1) is 11.0. The third-order valence-corrected chi connectivity index (χ3v) is 3.50. The molecule has 5 heteroatoms. The standard InChI is InChI=1S/C18H11F3N2/c19-18(20,21)16-12-23(14-9-5-2-6-10-14)17(15(16)11-22)13-7-3-1-4-8-13/h1-10,12H. The molecule has 0 N–H and O–H groups in total. The van der Waals surface area contributed by atoms with Gasteiger partial charge in [-0.3, -0.25) is 0 Å². The zero-order valence-corrected chi connectivity index (χ0v) is 11.9. The molecule has 0 saturated heterocycles. The number of benzene rings is 2. The Labute approximate surface area is 131 Å². The maximum atomic E-state index is 13.3. The highest BCUT2D eigenvalue weighted by molar-refractivity contribution is 5.72. The van der Waals surface area contributed by atoms with Gasteiger partial charge in [-0.05, 0) is 17.7 Å². The molecule has 0 amide bonds. The topological polar surface area (TPSA) is 28.7 Å². The lowest BCUT2D eigenvalue weighted by Crippen LogP contribution is -2.05. The van der Waals surface area contributed by atoms with E-state index in [2.05, 4.69) is 0 Å². The predicted molar refractivity (Wildman–Crippen MR) is 80.9 cm³/mol. The van der Waals surface area contributed by atoms with Gasteiger partial charge in [0.1, 0.15) is 6.07 Å².